The van der Waals surface area contributed by atoms with Crippen LogP contribution >= 0.6 is 11.8 Å². The van der Waals surface area contributed by atoms with Gasteiger partial charge in [-0.15, -0.1) is 0 Å². The van der Waals surface area contributed by atoms with Crippen LogP contribution in [0.25, 0.3) is 0 Å². The van der Waals surface area contributed by atoms with E-state index >= 15 is 0 Å². The van der Waals surface area contributed by atoms with Gasteiger partial charge in [0.1, 0.15) is 11.5 Å². The van der Waals surface area contributed by atoms with Crippen molar-refractivity contribution in [1.82, 2.24) is 0 Å². The molecule has 1 atom stereocenters. The quantitative estimate of drug-likeness (QED) is 0.908. The number of hydrogen-bond acceptors (Lipinski definition) is 4. The van der Waals surface area contributed by atoms with Crippen LogP contribution in [-0.2, 0) is 0 Å². The molecule has 2 aromatic rings. The third-order valence-electron chi connectivity index (χ3n) is 2.87. The Morgan fingerprint density at radius 1 is 1.10 bits per heavy atom. The van der Waals surface area contributed by atoms with Crippen LogP contribution in [0.15, 0.2) is 59.6 Å². The highest BCUT2D eigenvalue weighted by molar-refractivity contribution is 8.15. The Morgan fingerprint density at radius 3 is 2.65 bits per heavy atom. The fraction of sp³-hybridized carbons (Fsp3) is 0.188. The number of rotatable bonds is 3. The van der Waals surface area contributed by atoms with Gasteiger partial charge in [0.25, 0.3) is 0 Å². The van der Waals surface area contributed by atoms with Gasteiger partial charge in [0, 0.05) is 17.0 Å². The van der Waals surface area contributed by atoms with Gasteiger partial charge in [0.2, 0.25) is 0 Å². The molecule has 20 heavy (non-hydrogen) atoms. The maximum atomic E-state index is 5.82. The normalized spacial score (nSPS) is 17.6. The lowest BCUT2D eigenvalue weighted by Gasteiger charge is -2.09. The Bertz CT molecular complexity index is 613. The molecule has 0 aliphatic carbocycles. The van der Waals surface area contributed by atoms with Crippen LogP contribution in [0.2, 0.25) is 0 Å². The van der Waals surface area contributed by atoms with E-state index < -0.39 is 0 Å². The minimum atomic E-state index is 0.557. The molecule has 0 radical (unpaired) electrons. The molecule has 0 spiro atoms. The highest BCUT2D eigenvalue weighted by atomic mass is 32.2. The van der Waals surface area contributed by atoms with Crippen LogP contribution in [0.1, 0.15) is 6.92 Å². The fourth-order valence-electron chi connectivity index (χ4n) is 1.93. The first kappa shape index (κ1) is 13.1. The number of anilines is 1. The SMILES string of the molecule is CC1CN=C(Nc2cccc(Oc3ccccc3)c2)S1. The molecule has 1 aliphatic rings. The zero-order valence-electron chi connectivity index (χ0n) is 11.2. The summed E-state index contributed by atoms with van der Waals surface area (Å²) >= 11 is 1.77. The van der Waals surface area contributed by atoms with Crippen molar-refractivity contribution in [2.24, 2.45) is 4.99 Å². The van der Waals surface area contributed by atoms with E-state index in [1.165, 1.54) is 0 Å². The molecule has 102 valence electrons. The van der Waals surface area contributed by atoms with Gasteiger partial charge in [-0.3, -0.25) is 4.99 Å². The molecule has 0 bridgehead atoms. The van der Waals surface area contributed by atoms with E-state index in [0.29, 0.717) is 5.25 Å². The maximum absolute atomic E-state index is 5.82. The van der Waals surface area contributed by atoms with Crippen molar-refractivity contribution in [1.29, 1.82) is 0 Å². The molecule has 1 heterocycles. The Labute approximate surface area is 123 Å². The second-order valence-electron chi connectivity index (χ2n) is 4.64. The average molecular weight is 284 g/mol. The van der Waals surface area contributed by atoms with E-state index in [0.717, 1.165) is 28.9 Å². The number of nitrogens with zero attached hydrogens (tertiary/aromatic N) is 1. The maximum Gasteiger partial charge on any atom is 0.161 e. The van der Waals surface area contributed by atoms with Gasteiger partial charge < -0.3 is 10.1 Å². The van der Waals surface area contributed by atoms with Crippen molar-refractivity contribution in [2.45, 2.75) is 12.2 Å². The van der Waals surface area contributed by atoms with Crippen molar-refractivity contribution >= 4 is 22.6 Å². The van der Waals surface area contributed by atoms with E-state index in [1.807, 2.05) is 54.6 Å². The fourth-order valence-corrected chi connectivity index (χ4v) is 2.79. The number of hydrogen-bond donors (Lipinski definition) is 1. The summed E-state index contributed by atoms with van der Waals surface area (Å²) < 4.78 is 5.82. The van der Waals surface area contributed by atoms with E-state index in [1.54, 1.807) is 11.8 Å². The topological polar surface area (TPSA) is 33.6 Å². The van der Waals surface area contributed by atoms with Crippen LogP contribution in [0.5, 0.6) is 11.5 Å². The van der Waals surface area contributed by atoms with Gasteiger partial charge in [-0.2, -0.15) is 0 Å². The second kappa shape index (κ2) is 6.01. The molecule has 2 aromatic carbocycles. The lowest BCUT2D eigenvalue weighted by atomic mass is 10.3. The lowest BCUT2D eigenvalue weighted by molar-refractivity contribution is 0.483. The molecule has 0 aromatic heterocycles. The van der Waals surface area contributed by atoms with E-state index in [9.17, 15) is 0 Å². The summed E-state index contributed by atoms with van der Waals surface area (Å²) in [5.74, 6) is 1.66. The highest BCUT2D eigenvalue weighted by Gasteiger charge is 2.14. The standard InChI is InChI=1S/C16H16N2OS/c1-12-11-17-16(20-12)18-13-6-5-9-15(10-13)19-14-7-3-2-4-8-14/h2-10,12H,11H2,1H3,(H,17,18). The molecule has 1 aliphatic heterocycles. The third kappa shape index (κ3) is 3.33. The molecular weight excluding hydrogens is 268 g/mol. The largest absolute Gasteiger partial charge is 0.457 e. The summed E-state index contributed by atoms with van der Waals surface area (Å²) in [6.07, 6.45) is 0. The first-order valence-electron chi connectivity index (χ1n) is 6.61. The number of para-hydroxylation sites is 1. The first-order valence-corrected chi connectivity index (χ1v) is 7.49. The van der Waals surface area contributed by atoms with Gasteiger partial charge >= 0.3 is 0 Å². The Balaban J connectivity index is 1.70. The molecule has 4 heteroatoms. The van der Waals surface area contributed by atoms with Crippen molar-refractivity contribution in [3.8, 4) is 11.5 Å². The highest BCUT2D eigenvalue weighted by Crippen LogP contribution is 2.26. The number of aliphatic imine (C=N–C) groups is 1. The minimum Gasteiger partial charge on any atom is -0.457 e. The van der Waals surface area contributed by atoms with E-state index in [-0.39, 0.29) is 0 Å². The molecule has 1 N–H and O–H groups in total. The Kier molecular flexibility index (Phi) is 3.92. The molecule has 1 unspecified atom stereocenters. The number of thioether (sulfide) groups is 1. The van der Waals surface area contributed by atoms with Gasteiger partial charge in [0.15, 0.2) is 5.17 Å². The summed E-state index contributed by atoms with van der Waals surface area (Å²) in [4.78, 5) is 4.45. The van der Waals surface area contributed by atoms with Gasteiger partial charge in [-0.1, -0.05) is 43.0 Å². The Morgan fingerprint density at radius 2 is 1.90 bits per heavy atom. The molecule has 0 amide bonds. The predicted octanol–water partition coefficient (Wildman–Crippen LogP) is 4.38. The monoisotopic (exact) mass is 284 g/mol. The molecule has 0 saturated carbocycles. The summed E-state index contributed by atoms with van der Waals surface area (Å²) in [6, 6.07) is 17.7. The van der Waals surface area contributed by atoms with Crippen molar-refractivity contribution in [2.75, 3.05) is 11.9 Å². The third-order valence-corrected chi connectivity index (χ3v) is 3.87. The average Bonchev–Trinajstić information content (AvgIpc) is 2.86. The number of nitrogens with one attached hydrogen (secondary N) is 1. The lowest BCUT2D eigenvalue weighted by Crippen LogP contribution is -2.05. The smallest absolute Gasteiger partial charge is 0.161 e. The minimum absolute atomic E-state index is 0.557. The van der Waals surface area contributed by atoms with Gasteiger partial charge in [0.05, 0.1) is 6.54 Å². The van der Waals surface area contributed by atoms with Crippen LogP contribution in [0.4, 0.5) is 5.69 Å². The summed E-state index contributed by atoms with van der Waals surface area (Å²) in [7, 11) is 0. The van der Waals surface area contributed by atoms with Gasteiger partial charge in [-0.05, 0) is 24.3 Å². The van der Waals surface area contributed by atoms with Crippen LogP contribution in [0, 0.1) is 0 Å². The van der Waals surface area contributed by atoms with Crippen LogP contribution < -0.4 is 10.1 Å². The van der Waals surface area contributed by atoms with Crippen LogP contribution in [0.3, 0.4) is 0 Å². The summed E-state index contributed by atoms with van der Waals surface area (Å²) in [6.45, 7) is 3.06. The predicted molar refractivity (Wildman–Crippen MR) is 85.9 cm³/mol. The zero-order valence-corrected chi connectivity index (χ0v) is 12.1. The zero-order chi connectivity index (χ0) is 13.8. The van der Waals surface area contributed by atoms with E-state index in [2.05, 4.69) is 17.2 Å². The van der Waals surface area contributed by atoms with Crippen molar-refractivity contribution in [3.05, 3.63) is 54.6 Å². The second-order valence-corrected chi connectivity index (χ2v) is 6.07. The number of benzene rings is 2. The molecule has 3 rings (SSSR count). The molecule has 0 saturated heterocycles. The molecular formula is C16H16N2OS. The van der Waals surface area contributed by atoms with Gasteiger partial charge in [-0.25, -0.2) is 0 Å². The Hall–Kier alpha value is -1.94. The number of amidine groups is 1. The number of ether oxygens (including phenoxy) is 1. The molecule has 3 nitrogen and oxygen atoms in total. The van der Waals surface area contributed by atoms with Crippen molar-refractivity contribution in [3.63, 3.8) is 0 Å². The van der Waals surface area contributed by atoms with Crippen LogP contribution in [-0.4, -0.2) is 17.0 Å². The first-order chi connectivity index (χ1) is 9.79. The molecule has 0 fully saturated rings. The summed E-state index contributed by atoms with van der Waals surface area (Å²) in [5.41, 5.74) is 0.999. The van der Waals surface area contributed by atoms with E-state index in [4.69, 9.17) is 4.74 Å². The van der Waals surface area contributed by atoms with Crippen molar-refractivity contribution < 1.29 is 4.74 Å². The summed E-state index contributed by atoms with van der Waals surface area (Å²) in [5, 5.41) is 4.87.